The van der Waals surface area contributed by atoms with E-state index in [2.05, 4.69) is 0 Å². The molecule has 1 saturated heterocycles. The SMILES string of the molecule is COc1ccc(OC2CCN(C(=O)c3cc(=O)cc(C)n3C)CC2)cc1. The summed E-state index contributed by atoms with van der Waals surface area (Å²) >= 11 is 0. The minimum atomic E-state index is -0.137. The van der Waals surface area contributed by atoms with E-state index in [1.54, 1.807) is 16.6 Å². The van der Waals surface area contributed by atoms with Gasteiger partial charge >= 0.3 is 0 Å². The first kappa shape index (κ1) is 18.0. The molecule has 0 N–H and O–H groups in total. The van der Waals surface area contributed by atoms with Crippen molar-refractivity contribution in [1.29, 1.82) is 0 Å². The maximum atomic E-state index is 12.8. The fourth-order valence-corrected chi connectivity index (χ4v) is 3.16. The molecule has 1 aliphatic heterocycles. The number of nitrogens with zero attached hydrogens (tertiary/aromatic N) is 2. The molecule has 1 aromatic carbocycles. The Morgan fingerprint density at radius 1 is 1.08 bits per heavy atom. The highest BCUT2D eigenvalue weighted by atomic mass is 16.5. The number of aryl methyl sites for hydroxylation is 1. The highest BCUT2D eigenvalue weighted by Crippen LogP contribution is 2.22. The third kappa shape index (κ3) is 3.90. The molecule has 0 bridgehead atoms. The second-order valence-electron chi connectivity index (χ2n) is 6.56. The number of carbonyl (C=O) groups is 1. The molecule has 26 heavy (non-hydrogen) atoms. The molecule has 1 fully saturated rings. The molecular formula is C20H24N2O4. The Morgan fingerprint density at radius 3 is 2.31 bits per heavy atom. The summed E-state index contributed by atoms with van der Waals surface area (Å²) in [5.74, 6) is 1.49. The molecule has 1 amide bonds. The summed E-state index contributed by atoms with van der Waals surface area (Å²) in [7, 11) is 3.44. The lowest BCUT2D eigenvalue weighted by molar-refractivity contribution is 0.0585. The number of benzene rings is 1. The fraction of sp³-hybridized carbons (Fsp3) is 0.400. The summed E-state index contributed by atoms with van der Waals surface area (Å²) in [6, 6.07) is 10.5. The quantitative estimate of drug-likeness (QED) is 0.844. The third-order valence-electron chi connectivity index (χ3n) is 4.83. The molecule has 0 radical (unpaired) electrons. The number of rotatable bonds is 4. The van der Waals surface area contributed by atoms with Crippen molar-refractivity contribution in [3.8, 4) is 11.5 Å². The normalized spacial score (nSPS) is 15.0. The van der Waals surface area contributed by atoms with Gasteiger partial charge in [-0.05, 0) is 31.2 Å². The number of likely N-dealkylation sites (tertiary alicyclic amines) is 1. The van der Waals surface area contributed by atoms with Gasteiger partial charge in [0.2, 0.25) is 0 Å². The lowest BCUT2D eigenvalue weighted by atomic mass is 10.1. The largest absolute Gasteiger partial charge is 0.497 e. The first-order valence-electron chi connectivity index (χ1n) is 8.75. The molecule has 2 heterocycles. The summed E-state index contributed by atoms with van der Waals surface area (Å²) < 4.78 is 12.9. The monoisotopic (exact) mass is 356 g/mol. The van der Waals surface area contributed by atoms with Crippen molar-refractivity contribution >= 4 is 5.91 Å². The molecule has 6 heteroatoms. The molecular weight excluding hydrogens is 332 g/mol. The Balaban J connectivity index is 1.61. The van der Waals surface area contributed by atoms with Crippen molar-refractivity contribution in [3.63, 3.8) is 0 Å². The topological polar surface area (TPSA) is 60.8 Å². The van der Waals surface area contributed by atoms with Gasteiger partial charge in [-0.1, -0.05) is 0 Å². The van der Waals surface area contributed by atoms with Crippen molar-refractivity contribution in [1.82, 2.24) is 9.47 Å². The molecule has 0 aliphatic carbocycles. The predicted octanol–water partition coefficient (Wildman–Crippen LogP) is 2.39. The van der Waals surface area contributed by atoms with Gasteiger partial charge in [0.05, 0.1) is 7.11 Å². The average Bonchev–Trinajstić information content (AvgIpc) is 2.65. The van der Waals surface area contributed by atoms with Crippen LogP contribution in [0.5, 0.6) is 11.5 Å². The minimum absolute atomic E-state index is 0.0776. The van der Waals surface area contributed by atoms with Crippen LogP contribution in [-0.4, -0.2) is 41.7 Å². The molecule has 138 valence electrons. The number of hydrogen-bond donors (Lipinski definition) is 0. The van der Waals surface area contributed by atoms with Crippen LogP contribution in [0.1, 0.15) is 29.0 Å². The molecule has 0 spiro atoms. The van der Waals surface area contributed by atoms with E-state index < -0.39 is 0 Å². The second-order valence-corrected chi connectivity index (χ2v) is 6.56. The number of methoxy groups -OCH3 is 1. The minimum Gasteiger partial charge on any atom is -0.497 e. The van der Waals surface area contributed by atoms with Crippen molar-refractivity contribution in [2.75, 3.05) is 20.2 Å². The summed E-state index contributed by atoms with van der Waals surface area (Å²) in [5.41, 5.74) is 1.07. The average molecular weight is 356 g/mol. The number of carbonyl (C=O) groups excluding carboxylic acids is 1. The van der Waals surface area contributed by atoms with Gasteiger partial charge in [-0.15, -0.1) is 0 Å². The smallest absolute Gasteiger partial charge is 0.270 e. The van der Waals surface area contributed by atoms with Gasteiger partial charge in [-0.3, -0.25) is 9.59 Å². The van der Waals surface area contributed by atoms with Crippen molar-refractivity contribution in [3.05, 3.63) is 58.0 Å². The standard InChI is InChI=1S/C20H24N2O4/c1-14-12-15(23)13-19(21(14)2)20(24)22-10-8-18(9-11-22)26-17-6-4-16(25-3)5-7-17/h4-7,12-13,18H,8-11H2,1-3H3. The molecule has 0 atom stereocenters. The van der Waals surface area contributed by atoms with E-state index in [1.165, 1.54) is 12.1 Å². The van der Waals surface area contributed by atoms with Crippen molar-refractivity contribution < 1.29 is 14.3 Å². The lowest BCUT2D eigenvalue weighted by Crippen LogP contribution is -2.43. The second kappa shape index (κ2) is 7.64. The van der Waals surface area contributed by atoms with Crippen LogP contribution in [0.3, 0.4) is 0 Å². The van der Waals surface area contributed by atoms with Crippen LogP contribution in [0.2, 0.25) is 0 Å². The predicted molar refractivity (Wildman–Crippen MR) is 99.0 cm³/mol. The zero-order valence-electron chi connectivity index (χ0n) is 15.4. The molecule has 0 unspecified atom stereocenters. The van der Waals surface area contributed by atoms with Crippen LogP contribution < -0.4 is 14.9 Å². The van der Waals surface area contributed by atoms with E-state index >= 15 is 0 Å². The van der Waals surface area contributed by atoms with Gasteiger partial charge in [0.25, 0.3) is 5.91 Å². The van der Waals surface area contributed by atoms with Gasteiger partial charge in [0.15, 0.2) is 5.43 Å². The Hall–Kier alpha value is -2.76. The first-order valence-corrected chi connectivity index (χ1v) is 8.75. The van der Waals surface area contributed by atoms with Crippen LogP contribution in [0.4, 0.5) is 0 Å². The maximum absolute atomic E-state index is 12.8. The van der Waals surface area contributed by atoms with E-state index in [1.807, 2.05) is 38.2 Å². The Kier molecular flexibility index (Phi) is 5.30. The number of amides is 1. The molecule has 3 rings (SSSR count). The number of pyridine rings is 1. The number of ether oxygens (including phenoxy) is 2. The van der Waals surface area contributed by atoms with Crippen LogP contribution in [-0.2, 0) is 7.05 Å². The molecule has 2 aromatic rings. The van der Waals surface area contributed by atoms with Crippen molar-refractivity contribution in [2.45, 2.75) is 25.9 Å². The molecule has 0 saturated carbocycles. The maximum Gasteiger partial charge on any atom is 0.270 e. The summed E-state index contributed by atoms with van der Waals surface area (Å²) in [5, 5.41) is 0. The number of piperidine rings is 1. The zero-order chi connectivity index (χ0) is 18.7. The van der Waals surface area contributed by atoms with Crippen LogP contribution in [0.25, 0.3) is 0 Å². The van der Waals surface area contributed by atoms with Crippen LogP contribution in [0.15, 0.2) is 41.2 Å². The highest BCUT2D eigenvalue weighted by Gasteiger charge is 2.26. The highest BCUT2D eigenvalue weighted by molar-refractivity contribution is 5.92. The van der Waals surface area contributed by atoms with Gasteiger partial charge in [0.1, 0.15) is 23.3 Å². The fourth-order valence-electron chi connectivity index (χ4n) is 3.16. The van der Waals surface area contributed by atoms with E-state index in [-0.39, 0.29) is 17.4 Å². The third-order valence-corrected chi connectivity index (χ3v) is 4.83. The summed E-state index contributed by atoms with van der Waals surface area (Å²) in [6.45, 7) is 3.05. The zero-order valence-corrected chi connectivity index (χ0v) is 15.4. The van der Waals surface area contributed by atoms with E-state index in [0.717, 1.165) is 30.0 Å². The Labute approximate surface area is 153 Å². The van der Waals surface area contributed by atoms with Gasteiger partial charge in [0, 0.05) is 50.8 Å². The number of aromatic nitrogens is 1. The Bertz CT molecular complexity index is 834. The van der Waals surface area contributed by atoms with Crippen molar-refractivity contribution in [2.24, 2.45) is 7.05 Å². The van der Waals surface area contributed by atoms with Gasteiger partial charge < -0.3 is 18.9 Å². The van der Waals surface area contributed by atoms with Crippen LogP contribution >= 0.6 is 0 Å². The molecule has 1 aromatic heterocycles. The summed E-state index contributed by atoms with van der Waals surface area (Å²) in [6.07, 6.45) is 1.60. The molecule has 6 nitrogen and oxygen atoms in total. The van der Waals surface area contributed by atoms with Gasteiger partial charge in [-0.25, -0.2) is 0 Å². The summed E-state index contributed by atoms with van der Waals surface area (Å²) in [4.78, 5) is 26.3. The van der Waals surface area contributed by atoms with Crippen LogP contribution in [0, 0.1) is 6.92 Å². The van der Waals surface area contributed by atoms with E-state index in [0.29, 0.717) is 18.8 Å². The Morgan fingerprint density at radius 2 is 1.69 bits per heavy atom. The number of hydrogen-bond acceptors (Lipinski definition) is 4. The van der Waals surface area contributed by atoms with E-state index in [9.17, 15) is 9.59 Å². The first-order chi connectivity index (χ1) is 12.5. The molecule has 1 aliphatic rings. The van der Waals surface area contributed by atoms with E-state index in [4.69, 9.17) is 9.47 Å². The van der Waals surface area contributed by atoms with Gasteiger partial charge in [-0.2, -0.15) is 0 Å². The lowest BCUT2D eigenvalue weighted by Gasteiger charge is -2.32.